The van der Waals surface area contributed by atoms with Crippen molar-refractivity contribution in [3.63, 3.8) is 0 Å². The van der Waals surface area contributed by atoms with Crippen molar-refractivity contribution >= 4 is 35.7 Å². The topological polar surface area (TPSA) is 197 Å². The van der Waals surface area contributed by atoms with E-state index in [1.165, 1.54) is 42.5 Å². The zero-order valence-corrected chi connectivity index (χ0v) is 30.0. The number of hydrogen-bond acceptors (Lipinski definition) is 12. The van der Waals surface area contributed by atoms with Crippen LogP contribution in [0.3, 0.4) is 0 Å². The highest BCUT2D eigenvalue weighted by Crippen LogP contribution is 2.29. The van der Waals surface area contributed by atoms with Crippen LogP contribution in [-0.2, 0) is 19.1 Å². The Morgan fingerprint density at radius 3 is 1.60 bits per heavy atom. The Morgan fingerprint density at radius 2 is 1.12 bits per heavy atom. The van der Waals surface area contributed by atoms with Gasteiger partial charge in [0.1, 0.15) is 47.0 Å². The lowest BCUT2D eigenvalue weighted by Crippen LogP contribution is -2.24. The Kier molecular flexibility index (Phi) is 15.7. The normalized spacial score (nSPS) is 27.1. The molecule has 4 rings (SSSR count). The first-order valence-corrected chi connectivity index (χ1v) is 17.1. The van der Waals surface area contributed by atoms with E-state index in [0.29, 0.717) is 29.9 Å². The van der Waals surface area contributed by atoms with E-state index < -0.39 is 60.1 Å². The summed E-state index contributed by atoms with van der Waals surface area (Å²) in [6.45, 7) is 9.25. The maximum Gasteiger partial charge on any atom is 0.342 e. The lowest BCUT2D eigenvalue weighted by molar-refractivity contribution is -0.124. The van der Waals surface area contributed by atoms with Gasteiger partial charge in [-0.05, 0) is 81.2 Å². The average Bonchev–Trinajstić information content (AvgIpc) is 3.05. The molecule has 0 bridgehead atoms. The van der Waals surface area contributed by atoms with Crippen LogP contribution in [0.5, 0.6) is 11.5 Å². The van der Waals surface area contributed by atoms with E-state index in [1.807, 2.05) is 13.8 Å². The van der Waals surface area contributed by atoms with E-state index in [0.717, 1.165) is 11.1 Å². The number of aliphatic hydroxyl groups excluding tert-OH is 4. The van der Waals surface area contributed by atoms with E-state index in [1.54, 1.807) is 51.1 Å². The highest BCUT2D eigenvalue weighted by atomic mass is 16.5. The zero-order valence-electron chi connectivity index (χ0n) is 30.0. The number of aryl methyl sites for hydroxylation is 2. The molecule has 2 aliphatic heterocycles. The lowest BCUT2D eigenvalue weighted by atomic mass is 10.0. The van der Waals surface area contributed by atoms with Gasteiger partial charge in [0.2, 0.25) is 0 Å². The third kappa shape index (κ3) is 12.4. The molecule has 0 aromatic heterocycles. The van der Waals surface area contributed by atoms with Crippen molar-refractivity contribution < 1.29 is 58.9 Å². The third-order valence-electron chi connectivity index (χ3n) is 7.98. The molecule has 2 heterocycles. The number of hydrogen-bond donors (Lipinski definition) is 5. The molecule has 2 aromatic carbocycles. The monoisotopic (exact) mass is 720 g/mol. The van der Waals surface area contributed by atoms with Gasteiger partial charge in [-0.25, -0.2) is 9.59 Å². The molecular formula is C40H48O12. The largest absolute Gasteiger partial charge is 0.507 e. The molecule has 0 aliphatic carbocycles. The van der Waals surface area contributed by atoms with Gasteiger partial charge >= 0.3 is 11.9 Å². The molecule has 6 atom stereocenters. The number of ether oxygens (including phenoxy) is 3. The summed E-state index contributed by atoms with van der Waals surface area (Å²) in [5.74, 6) is -2.01. The SMILES string of the molecule is CCOc1cc(C)cc2c1C(=O)O[C@@H](C)C/C=C\C(=O)[C@@H](O)CC(O)/C=C/2.Cc1cc(O)c2c(c1)/C=C/C(O)C[C@H](O)C(=O)/C=C\C[C@H](C)OC2=O. The molecule has 0 fully saturated rings. The van der Waals surface area contributed by atoms with Crippen LogP contribution in [0.25, 0.3) is 12.2 Å². The van der Waals surface area contributed by atoms with Crippen molar-refractivity contribution in [2.24, 2.45) is 0 Å². The molecule has 280 valence electrons. The number of ketones is 2. The summed E-state index contributed by atoms with van der Waals surface area (Å²) in [5, 5.41) is 50.0. The number of fused-ring (bicyclic) bond motifs is 2. The molecule has 2 aliphatic rings. The molecule has 2 aromatic rings. The lowest BCUT2D eigenvalue weighted by Gasteiger charge is -2.17. The number of benzene rings is 2. The Balaban J connectivity index is 0.000000281. The van der Waals surface area contributed by atoms with Gasteiger partial charge in [0.05, 0.1) is 18.8 Å². The Morgan fingerprint density at radius 1 is 0.673 bits per heavy atom. The van der Waals surface area contributed by atoms with Crippen LogP contribution in [0.2, 0.25) is 0 Å². The van der Waals surface area contributed by atoms with Gasteiger partial charge in [-0.3, -0.25) is 9.59 Å². The summed E-state index contributed by atoms with van der Waals surface area (Å²) < 4.78 is 16.4. The fraction of sp³-hybridized carbons (Fsp3) is 0.400. The number of aliphatic hydroxyl groups is 4. The summed E-state index contributed by atoms with van der Waals surface area (Å²) in [5.41, 5.74) is 2.85. The molecule has 0 saturated heterocycles. The second-order valence-corrected chi connectivity index (χ2v) is 12.8. The first-order chi connectivity index (χ1) is 24.6. The summed E-state index contributed by atoms with van der Waals surface area (Å²) in [6, 6.07) is 6.70. The van der Waals surface area contributed by atoms with E-state index >= 15 is 0 Å². The van der Waals surface area contributed by atoms with Crippen molar-refractivity contribution in [2.75, 3.05) is 6.61 Å². The first kappa shape index (κ1) is 41.5. The maximum absolute atomic E-state index is 12.8. The van der Waals surface area contributed by atoms with Crippen LogP contribution >= 0.6 is 0 Å². The van der Waals surface area contributed by atoms with Crippen molar-refractivity contribution in [2.45, 2.75) is 96.9 Å². The summed E-state index contributed by atoms with van der Waals surface area (Å²) in [6.07, 6.45) is 5.99. The number of rotatable bonds is 2. The molecule has 0 amide bonds. The molecule has 12 heteroatoms. The van der Waals surface area contributed by atoms with Crippen molar-refractivity contribution in [1.29, 1.82) is 0 Å². The maximum atomic E-state index is 12.8. The number of phenols is 1. The van der Waals surface area contributed by atoms with Gasteiger partial charge in [0, 0.05) is 25.7 Å². The summed E-state index contributed by atoms with van der Waals surface area (Å²) >= 11 is 0. The highest BCUT2D eigenvalue weighted by molar-refractivity contribution is 5.98. The average molecular weight is 721 g/mol. The summed E-state index contributed by atoms with van der Waals surface area (Å²) in [7, 11) is 0. The Hall–Kier alpha value is -4.88. The van der Waals surface area contributed by atoms with E-state index in [-0.39, 0.29) is 36.1 Å². The zero-order chi connectivity index (χ0) is 38.5. The van der Waals surface area contributed by atoms with Crippen LogP contribution < -0.4 is 4.74 Å². The standard InChI is InChI=1S/C21H26O6.C19H22O6/c1-4-26-19-11-13(2)10-15-8-9-16(22)12-18(24)17(23)7-5-6-14(3)27-21(25)20(15)19;1-11-8-13-6-7-14(20)10-16(22)15(21)5-3-4-12(2)25-19(24)18(13)17(23)9-11/h5,7-11,14,16,18,22,24H,4,6,12H2,1-3H3;3,5-9,12,14,16,20,22-23H,4,10H2,1-2H3/b7-5-,9-8+;5-3-,7-6+/t14-,16?,18-;12-,14?,16-/m00/s1. The highest BCUT2D eigenvalue weighted by Gasteiger charge is 2.24. The van der Waals surface area contributed by atoms with Crippen LogP contribution in [0.1, 0.15) is 89.4 Å². The molecule has 12 nitrogen and oxygen atoms in total. The van der Waals surface area contributed by atoms with Crippen LogP contribution in [0.15, 0.2) is 60.7 Å². The molecule has 2 unspecified atom stereocenters. The minimum atomic E-state index is -1.32. The number of aromatic hydroxyl groups is 1. The van der Waals surface area contributed by atoms with Gasteiger partial charge in [0.25, 0.3) is 0 Å². The molecular weight excluding hydrogens is 672 g/mol. The second-order valence-electron chi connectivity index (χ2n) is 12.8. The molecule has 52 heavy (non-hydrogen) atoms. The molecule has 0 radical (unpaired) electrons. The predicted molar refractivity (Wildman–Crippen MR) is 194 cm³/mol. The fourth-order valence-corrected chi connectivity index (χ4v) is 5.38. The van der Waals surface area contributed by atoms with Gasteiger partial charge in [-0.15, -0.1) is 0 Å². The van der Waals surface area contributed by atoms with Crippen molar-refractivity contribution in [3.05, 3.63) is 94.1 Å². The predicted octanol–water partition coefficient (Wildman–Crippen LogP) is 4.49. The number of esters is 2. The third-order valence-corrected chi connectivity index (χ3v) is 7.98. The van der Waals surface area contributed by atoms with Crippen LogP contribution in [-0.4, -0.2) is 92.3 Å². The van der Waals surface area contributed by atoms with E-state index in [4.69, 9.17) is 14.2 Å². The number of carbonyl (C=O) groups is 4. The van der Waals surface area contributed by atoms with Crippen molar-refractivity contribution in [1.82, 2.24) is 0 Å². The molecule has 5 N–H and O–H groups in total. The number of carbonyl (C=O) groups excluding carboxylic acids is 4. The quantitative estimate of drug-likeness (QED) is 0.273. The summed E-state index contributed by atoms with van der Waals surface area (Å²) in [4.78, 5) is 48.8. The van der Waals surface area contributed by atoms with E-state index in [9.17, 15) is 44.7 Å². The van der Waals surface area contributed by atoms with Gasteiger partial charge in [-0.2, -0.15) is 0 Å². The van der Waals surface area contributed by atoms with Crippen LogP contribution in [0, 0.1) is 13.8 Å². The molecule has 0 saturated carbocycles. The Bertz CT molecular complexity index is 1720. The Labute approximate surface area is 303 Å². The van der Waals surface area contributed by atoms with Crippen molar-refractivity contribution in [3.8, 4) is 11.5 Å². The van der Waals surface area contributed by atoms with E-state index in [2.05, 4.69) is 0 Å². The minimum Gasteiger partial charge on any atom is -0.507 e. The smallest absolute Gasteiger partial charge is 0.342 e. The van der Waals surface area contributed by atoms with Gasteiger partial charge in [0.15, 0.2) is 11.6 Å². The fourth-order valence-electron chi connectivity index (χ4n) is 5.38. The van der Waals surface area contributed by atoms with Gasteiger partial charge in [-0.1, -0.05) is 48.6 Å². The minimum absolute atomic E-state index is 0.0126. The molecule has 0 spiro atoms. The van der Waals surface area contributed by atoms with Gasteiger partial charge < -0.3 is 39.7 Å². The number of phenolic OH excluding ortho intramolecular Hbond substituents is 1. The number of cyclic esters (lactones) is 2. The first-order valence-electron chi connectivity index (χ1n) is 17.1. The second kappa shape index (κ2) is 19.7. The van der Waals surface area contributed by atoms with Crippen LogP contribution in [0.4, 0.5) is 0 Å².